The van der Waals surface area contributed by atoms with Crippen molar-refractivity contribution in [1.29, 1.82) is 10.5 Å². The van der Waals surface area contributed by atoms with Crippen molar-refractivity contribution in [2.75, 3.05) is 0 Å². The van der Waals surface area contributed by atoms with Gasteiger partial charge in [-0.15, -0.1) is 0 Å². The molecule has 0 saturated heterocycles. The van der Waals surface area contributed by atoms with Crippen molar-refractivity contribution in [1.82, 2.24) is 0 Å². The van der Waals surface area contributed by atoms with Crippen molar-refractivity contribution in [3.05, 3.63) is 119 Å². The molecule has 26 heavy (non-hydrogen) atoms. The summed E-state index contributed by atoms with van der Waals surface area (Å²) in [6.45, 7) is 0. The van der Waals surface area contributed by atoms with Gasteiger partial charge in [-0.1, -0.05) is 85.0 Å². The highest BCUT2D eigenvalue weighted by Crippen LogP contribution is 2.06. The zero-order valence-electron chi connectivity index (χ0n) is 14.3. The van der Waals surface area contributed by atoms with E-state index in [1.54, 1.807) is 24.3 Å². The third-order valence-corrected chi connectivity index (χ3v) is 3.43. The molecule has 2 heteroatoms. The molecular weight excluding hydrogens is 316 g/mol. The van der Waals surface area contributed by atoms with Crippen molar-refractivity contribution in [3.8, 4) is 12.1 Å². The fraction of sp³-hybridized carbons (Fsp3) is 0. The Bertz CT molecular complexity index is 850. The summed E-state index contributed by atoms with van der Waals surface area (Å²) in [5.41, 5.74) is 3.08. The van der Waals surface area contributed by atoms with Gasteiger partial charge < -0.3 is 0 Å². The van der Waals surface area contributed by atoms with Crippen LogP contribution in [0.4, 0.5) is 0 Å². The SMILES string of the molecule is N#CC(=C\C=C\c1ccccc1)/C=C/C(C#N)=C/C=C/c1ccccc1. The molecule has 0 radical (unpaired) electrons. The van der Waals surface area contributed by atoms with Crippen LogP contribution in [-0.2, 0) is 0 Å². The standard InChI is InChI=1S/C24H18N2/c25-19-23(15-7-13-21-9-3-1-4-10-21)17-18-24(20-26)16-8-14-22-11-5-2-6-12-22/h1-18H/b13-7+,14-8+,18-17+,23-15-,24-16-. The molecule has 0 spiro atoms. The number of nitrogens with zero attached hydrogens (tertiary/aromatic N) is 2. The number of rotatable bonds is 6. The summed E-state index contributed by atoms with van der Waals surface area (Å²) in [4.78, 5) is 0. The first-order chi connectivity index (χ1) is 12.8. The lowest BCUT2D eigenvalue weighted by molar-refractivity contribution is 1.48. The summed E-state index contributed by atoms with van der Waals surface area (Å²) in [5, 5.41) is 18.4. The molecule has 0 unspecified atom stereocenters. The van der Waals surface area contributed by atoms with Crippen molar-refractivity contribution in [3.63, 3.8) is 0 Å². The van der Waals surface area contributed by atoms with Gasteiger partial charge in [-0.2, -0.15) is 10.5 Å². The number of hydrogen-bond donors (Lipinski definition) is 0. The zero-order chi connectivity index (χ0) is 18.5. The van der Waals surface area contributed by atoms with E-state index in [4.69, 9.17) is 0 Å². The second-order valence-electron chi connectivity index (χ2n) is 5.34. The van der Waals surface area contributed by atoms with Gasteiger partial charge in [0.15, 0.2) is 0 Å². The van der Waals surface area contributed by atoms with Gasteiger partial charge in [-0.25, -0.2) is 0 Å². The summed E-state index contributed by atoms with van der Waals surface area (Å²) in [7, 11) is 0. The monoisotopic (exact) mass is 334 g/mol. The van der Waals surface area contributed by atoms with E-state index in [0.717, 1.165) is 11.1 Å². The van der Waals surface area contributed by atoms with E-state index in [1.807, 2.05) is 85.0 Å². The molecule has 0 aliphatic heterocycles. The lowest BCUT2D eigenvalue weighted by atomic mass is 10.1. The Kier molecular flexibility index (Phi) is 7.68. The van der Waals surface area contributed by atoms with Crippen LogP contribution < -0.4 is 0 Å². The Balaban J connectivity index is 2.04. The summed E-state index contributed by atoms with van der Waals surface area (Å²) < 4.78 is 0. The Labute approximate surface area is 154 Å². The molecule has 0 aromatic heterocycles. The van der Waals surface area contributed by atoms with Crippen molar-refractivity contribution < 1.29 is 0 Å². The molecule has 0 amide bonds. The highest BCUT2D eigenvalue weighted by molar-refractivity contribution is 5.54. The average molecular weight is 334 g/mol. The van der Waals surface area contributed by atoms with Gasteiger partial charge >= 0.3 is 0 Å². The molecule has 2 rings (SSSR count). The molecular formula is C24H18N2. The van der Waals surface area contributed by atoms with Gasteiger partial charge in [0, 0.05) is 0 Å². The van der Waals surface area contributed by atoms with Gasteiger partial charge in [0.1, 0.15) is 0 Å². The van der Waals surface area contributed by atoms with Crippen molar-refractivity contribution in [2.24, 2.45) is 0 Å². The molecule has 2 aromatic rings. The van der Waals surface area contributed by atoms with Gasteiger partial charge in [0.25, 0.3) is 0 Å². The number of allylic oxidation sites excluding steroid dienone is 8. The van der Waals surface area contributed by atoms with E-state index >= 15 is 0 Å². The molecule has 124 valence electrons. The lowest BCUT2D eigenvalue weighted by Gasteiger charge is -1.91. The zero-order valence-corrected chi connectivity index (χ0v) is 14.3. The first-order valence-electron chi connectivity index (χ1n) is 8.17. The molecule has 0 fully saturated rings. The van der Waals surface area contributed by atoms with E-state index in [2.05, 4.69) is 12.1 Å². The van der Waals surface area contributed by atoms with E-state index < -0.39 is 0 Å². The third-order valence-electron chi connectivity index (χ3n) is 3.43. The Morgan fingerprint density at radius 2 is 1.00 bits per heavy atom. The molecule has 0 saturated carbocycles. The third kappa shape index (κ3) is 6.71. The Morgan fingerprint density at radius 3 is 1.35 bits per heavy atom. The largest absolute Gasteiger partial charge is 0.192 e. The maximum Gasteiger partial charge on any atom is 0.0991 e. The topological polar surface area (TPSA) is 47.6 Å². The number of benzene rings is 2. The molecule has 0 N–H and O–H groups in total. The van der Waals surface area contributed by atoms with Gasteiger partial charge in [-0.3, -0.25) is 0 Å². The molecule has 2 aromatic carbocycles. The van der Waals surface area contributed by atoms with Crippen LogP contribution in [0.5, 0.6) is 0 Å². The van der Waals surface area contributed by atoms with Gasteiger partial charge in [0.2, 0.25) is 0 Å². The first kappa shape index (κ1) is 18.5. The van der Waals surface area contributed by atoms with Gasteiger partial charge in [0.05, 0.1) is 23.3 Å². The molecule has 2 nitrogen and oxygen atoms in total. The van der Waals surface area contributed by atoms with Crippen LogP contribution in [0.25, 0.3) is 12.2 Å². The minimum absolute atomic E-state index is 0.477. The predicted molar refractivity (Wildman–Crippen MR) is 107 cm³/mol. The molecule has 0 heterocycles. The molecule has 0 aliphatic rings. The second-order valence-corrected chi connectivity index (χ2v) is 5.34. The quantitative estimate of drug-likeness (QED) is 0.490. The Hall–Kier alpha value is -3.88. The van der Waals surface area contributed by atoms with Crippen LogP contribution in [0.2, 0.25) is 0 Å². The fourth-order valence-electron chi connectivity index (χ4n) is 2.09. The normalized spacial score (nSPS) is 12.5. The summed E-state index contributed by atoms with van der Waals surface area (Å²) in [5.74, 6) is 0. The molecule has 0 bridgehead atoms. The van der Waals surface area contributed by atoms with Crippen LogP contribution >= 0.6 is 0 Å². The number of nitriles is 2. The van der Waals surface area contributed by atoms with E-state index in [0.29, 0.717) is 11.1 Å². The van der Waals surface area contributed by atoms with Crippen LogP contribution in [0.1, 0.15) is 11.1 Å². The van der Waals surface area contributed by atoms with E-state index in [1.165, 1.54) is 0 Å². The Morgan fingerprint density at radius 1 is 0.615 bits per heavy atom. The minimum atomic E-state index is 0.477. The minimum Gasteiger partial charge on any atom is -0.192 e. The van der Waals surface area contributed by atoms with Crippen LogP contribution in [0, 0.1) is 22.7 Å². The average Bonchev–Trinajstić information content (AvgIpc) is 2.70. The van der Waals surface area contributed by atoms with Crippen LogP contribution in [0.3, 0.4) is 0 Å². The highest BCUT2D eigenvalue weighted by atomic mass is 14.2. The lowest BCUT2D eigenvalue weighted by Crippen LogP contribution is -1.75. The molecule has 0 aliphatic carbocycles. The summed E-state index contributed by atoms with van der Waals surface area (Å²) in [6.07, 6.45) is 14.2. The van der Waals surface area contributed by atoms with E-state index in [-0.39, 0.29) is 0 Å². The van der Waals surface area contributed by atoms with Crippen molar-refractivity contribution in [2.45, 2.75) is 0 Å². The van der Waals surface area contributed by atoms with Gasteiger partial charge in [-0.05, 0) is 35.4 Å². The van der Waals surface area contributed by atoms with Crippen LogP contribution in [0.15, 0.2) is 108 Å². The predicted octanol–water partition coefficient (Wildman–Crippen LogP) is 5.87. The summed E-state index contributed by atoms with van der Waals surface area (Å²) in [6, 6.07) is 23.9. The second kappa shape index (κ2) is 10.8. The maximum atomic E-state index is 9.21. The smallest absolute Gasteiger partial charge is 0.0991 e. The maximum absolute atomic E-state index is 9.21. The number of hydrogen-bond acceptors (Lipinski definition) is 2. The molecule has 0 atom stereocenters. The summed E-state index contributed by atoms with van der Waals surface area (Å²) >= 11 is 0. The fourth-order valence-corrected chi connectivity index (χ4v) is 2.09. The van der Waals surface area contributed by atoms with Crippen LogP contribution in [-0.4, -0.2) is 0 Å². The first-order valence-corrected chi connectivity index (χ1v) is 8.17. The highest BCUT2D eigenvalue weighted by Gasteiger charge is 1.90. The van der Waals surface area contributed by atoms with Crippen molar-refractivity contribution >= 4 is 12.2 Å². The van der Waals surface area contributed by atoms with E-state index in [9.17, 15) is 10.5 Å².